The molecule has 1 amide bonds. The van der Waals surface area contributed by atoms with E-state index in [2.05, 4.69) is 18.0 Å². The molecule has 5 rings (SSSR count). The standard InChI is InChI=1S/C39H74F5NO17SSi9/c1-28(2)22-65-52-68(23-29(3)4)54-66(13)55-69(53-65,24-30(5)6)60-72(27-33(11)12)58-67(51-64,57-71(59-68,26-32(9)10)61-70(56-66,62-72)25-31(7)8)21-17-20-45-37(47)39(43,44)63(48,49)50-36(38(40,41)42)35(46)34-18-15-14-16-19-34/h14-16,18-19,28-33,36,65H,17,20-27H2,1-13,64H3,(H,45,47). The summed E-state index contributed by atoms with van der Waals surface area (Å²) in [4.78, 5) is 25.8. The van der Waals surface area contributed by atoms with Gasteiger partial charge in [-0.1, -0.05) is 113 Å². The molecule has 1 N–H and O–H groups in total. The molecule has 1 aromatic carbocycles. The number of alkyl halides is 5. The molecule has 72 heavy (non-hydrogen) atoms. The van der Waals surface area contributed by atoms with Gasteiger partial charge in [0.2, 0.25) is 11.9 Å². The summed E-state index contributed by atoms with van der Waals surface area (Å²) in [5, 5.41) is -3.78. The minimum absolute atomic E-state index is 0.0601. The van der Waals surface area contributed by atoms with Crippen LogP contribution >= 0.6 is 0 Å². The first-order valence-corrected chi connectivity index (χ1v) is 42.3. The van der Waals surface area contributed by atoms with Crippen molar-refractivity contribution in [3.8, 4) is 0 Å². The van der Waals surface area contributed by atoms with Crippen molar-refractivity contribution in [1.82, 2.24) is 5.32 Å². The Balaban J connectivity index is 1.63. The molecule has 4 fully saturated rings. The molecule has 4 aliphatic rings. The molecule has 0 saturated carbocycles. The summed E-state index contributed by atoms with van der Waals surface area (Å²) in [6.07, 6.45) is -9.94. The molecule has 5 atom stereocenters. The van der Waals surface area contributed by atoms with Crippen molar-refractivity contribution in [3.63, 3.8) is 0 Å². The second-order valence-corrected chi connectivity index (χ2v) is 47.7. The van der Waals surface area contributed by atoms with Crippen LogP contribution in [0.3, 0.4) is 0 Å². The number of carbonyl (C=O) groups is 2. The normalized spacial score (nSPS) is 33.0. The molecule has 6 bridgehead atoms. The maximum Gasteiger partial charge on any atom is 0.479 e. The molecule has 4 saturated heterocycles. The molecule has 0 spiro atoms. The molecule has 0 aliphatic carbocycles. The number of fused-ring (bicyclic) bond motifs is 4. The van der Waals surface area contributed by atoms with Gasteiger partial charge in [-0.2, -0.15) is 30.4 Å². The summed E-state index contributed by atoms with van der Waals surface area (Å²) in [7, 11) is -39.4. The Morgan fingerprint density at radius 1 is 0.639 bits per heavy atom. The summed E-state index contributed by atoms with van der Waals surface area (Å²) < 4.78 is 191. The largest absolute Gasteiger partial charge is 0.479 e. The molecular weight excluding hydrogens is 1130 g/mol. The lowest BCUT2D eigenvalue weighted by Gasteiger charge is -2.60. The van der Waals surface area contributed by atoms with E-state index < -0.39 is 122 Å². The highest BCUT2D eigenvalue weighted by atomic mass is 32.2. The zero-order chi connectivity index (χ0) is 54.1. The molecular formula is C39H74F5NO17SSi9. The molecule has 0 radical (unpaired) electrons. The number of carbonyl (C=O) groups excluding carboxylic acids is 2. The van der Waals surface area contributed by atoms with Gasteiger partial charge in [0.05, 0.1) is 0 Å². The van der Waals surface area contributed by atoms with Crippen molar-refractivity contribution in [2.45, 2.75) is 156 Å². The van der Waals surface area contributed by atoms with E-state index in [1.54, 1.807) is 6.55 Å². The van der Waals surface area contributed by atoms with Crippen molar-refractivity contribution in [2.24, 2.45) is 35.5 Å². The summed E-state index contributed by atoms with van der Waals surface area (Å²) in [6.45, 7) is 25.0. The predicted molar refractivity (Wildman–Crippen MR) is 272 cm³/mol. The van der Waals surface area contributed by atoms with E-state index in [0.29, 0.717) is 6.04 Å². The minimum Gasteiger partial charge on any atom is -0.425 e. The summed E-state index contributed by atoms with van der Waals surface area (Å²) in [6, 6.07) is 6.89. The van der Waals surface area contributed by atoms with E-state index in [4.69, 9.17) is 49.4 Å². The highest BCUT2D eigenvalue weighted by Gasteiger charge is 2.78. The van der Waals surface area contributed by atoms with Crippen molar-refractivity contribution in [1.29, 1.82) is 0 Å². The lowest BCUT2D eigenvalue weighted by molar-refractivity contribution is -0.180. The Morgan fingerprint density at radius 3 is 1.44 bits per heavy atom. The summed E-state index contributed by atoms with van der Waals surface area (Å²) in [5.74, 6) is -4.97. The van der Waals surface area contributed by atoms with Gasteiger partial charge < -0.3 is 54.7 Å². The van der Waals surface area contributed by atoms with Crippen LogP contribution in [-0.2, 0) is 68.5 Å². The van der Waals surface area contributed by atoms with Crippen LogP contribution in [-0.4, -0.2) is 126 Å². The van der Waals surface area contributed by atoms with Gasteiger partial charge in [0, 0.05) is 54.9 Å². The Morgan fingerprint density at radius 2 is 1.04 bits per heavy atom. The third-order valence-electron chi connectivity index (χ3n) is 11.1. The number of nitrogens with one attached hydrogen (secondary N) is 1. The number of halogens is 5. The molecule has 1 aromatic rings. The SMILES string of the molecule is CC(C)C[SiH]1O[Si]2(CC(C)C)O[Si]3(C)O[Si](CC(C)C)(O1)O[Si]1(CC(C)C)O[Si](CCCNC(=O)C(F)(F)S(=O)(=O)OC(C(=O)c4ccccc4)C(F)(F)F)(O[SiH3])O[Si](CC(C)C)(O2)O[Si](CC(C)C)(O3)O1. The molecule has 5 unspecified atom stereocenters. The van der Waals surface area contributed by atoms with Crippen LogP contribution < -0.4 is 5.32 Å². The van der Waals surface area contributed by atoms with Crippen LogP contribution in [0.1, 0.15) is 99.9 Å². The van der Waals surface area contributed by atoms with E-state index in [9.17, 15) is 31.2 Å². The number of Topliss-reactive ketones (excluding diaryl/α,β-unsaturated/α-hetero) is 1. The van der Waals surface area contributed by atoms with Gasteiger partial charge in [0.25, 0.3) is 0 Å². The average Bonchev–Trinajstić information content (AvgIpc) is 3.16. The number of hydrogen-bond acceptors (Lipinski definition) is 17. The monoisotopic (exact) mass is 1210 g/mol. The lowest BCUT2D eigenvalue weighted by Crippen LogP contribution is -2.84. The van der Waals surface area contributed by atoms with Crippen molar-refractivity contribution in [2.75, 3.05) is 6.54 Å². The molecule has 0 aromatic heterocycles. The second-order valence-electron chi connectivity index (χ2n) is 21.4. The third-order valence-corrected chi connectivity index (χ3v) is 51.8. The maximum atomic E-state index is 15.6. The van der Waals surface area contributed by atoms with E-state index in [1.807, 2.05) is 74.6 Å². The maximum absolute atomic E-state index is 15.6. The zero-order valence-corrected chi connectivity index (χ0v) is 54.6. The Bertz CT molecular complexity index is 2080. The smallest absolute Gasteiger partial charge is 0.425 e. The molecule has 4 aliphatic heterocycles. The van der Waals surface area contributed by atoms with Crippen LogP contribution in [0.2, 0.25) is 48.9 Å². The lowest BCUT2D eigenvalue weighted by atomic mass is 10.1. The number of amides is 1. The topological polar surface area (TPSA) is 200 Å². The number of ketones is 1. The Hall–Kier alpha value is -0.608. The molecule has 414 valence electrons. The minimum atomic E-state index is -6.75. The first-order chi connectivity index (χ1) is 33.0. The van der Waals surface area contributed by atoms with E-state index in [-0.39, 0.29) is 88.7 Å². The van der Waals surface area contributed by atoms with Gasteiger partial charge in [-0.25, -0.2) is 4.18 Å². The first kappa shape index (κ1) is 62.2. The van der Waals surface area contributed by atoms with Gasteiger partial charge in [0.15, 0.2) is 0 Å². The average molecular weight is 1210 g/mol. The predicted octanol–water partition coefficient (Wildman–Crippen LogP) is 7.14. The van der Waals surface area contributed by atoms with Crippen LogP contribution in [0.25, 0.3) is 0 Å². The molecule has 33 heteroatoms. The summed E-state index contributed by atoms with van der Waals surface area (Å²) >= 11 is 0. The Labute approximate surface area is 433 Å². The van der Waals surface area contributed by atoms with E-state index in [1.165, 1.54) is 18.2 Å². The number of hydrogen-bond donors (Lipinski definition) is 1. The van der Waals surface area contributed by atoms with Gasteiger partial charge in [0.1, 0.15) is 10.5 Å². The van der Waals surface area contributed by atoms with Crippen LogP contribution in [0, 0.1) is 35.5 Å². The van der Waals surface area contributed by atoms with E-state index >= 15 is 8.78 Å². The van der Waals surface area contributed by atoms with Crippen LogP contribution in [0.5, 0.6) is 0 Å². The van der Waals surface area contributed by atoms with Crippen molar-refractivity contribution >= 4 is 103 Å². The van der Waals surface area contributed by atoms with Gasteiger partial charge in [-0.15, -0.1) is 0 Å². The van der Waals surface area contributed by atoms with Gasteiger partial charge in [-0.05, 0) is 48.0 Å². The zero-order valence-electron chi connectivity index (χ0n) is 43.6. The van der Waals surface area contributed by atoms with Crippen molar-refractivity contribution in [3.05, 3.63) is 35.9 Å². The van der Waals surface area contributed by atoms with Crippen molar-refractivity contribution < 1.29 is 93.5 Å². The second kappa shape index (κ2) is 23.4. The molecule has 18 nitrogen and oxygen atoms in total. The third kappa shape index (κ3) is 15.4. The van der Waals surface area contributed by atoms with Gasteiger partial charge >= 0.3 is 98.4 Å². The fraction of sp³-hybridized carbons (Fsp3) is 0.795. The van der Waals surface area contributed by atoms with Crippen LogP contribution in [0.4, 0.5) is 22.0 Å². The quantitative estimate of drug-likeness (QED) is 0.0381. The fourth-order valence-electron chi connectivity index (χ4n) is 8.92. The molecule has 4 heterocycles. The highest BCUT2D eigenvalue weighted by Crippen LogP contribution is 2.51. The fourth-order valence-corrected chi connectivity index (χ4v) is 58.5. The highest BCUT2D eigenvalue weighted by molar-refractivity contribution is 7.88. The van der Waals surface area contributed by atoms with Gasteiger partial charge in [-0.3, -0.25) is 9.59 Å². The number of benzene rings is 1. The summed E-state index contributed by atoms with van der Waals surface area (Å²) in [5.41, 5.74) is -0.668. The number of rotatable bonds is 23. The Kier molecular flexibility index (Phi) is 20.2. The van der Waals surface area contributed by atoms with E-state index in [0.717, 1.165) is 12.1 Å². The first-order valence-electron chi connectivity index (χ1n) is 24.5. The van der Waals surface area contributed by atoms with Crippen LogP contribution in [0.15, 0.2) is 30.3 Å².